The molecule has 0 saturated heterocycles. The maximum Gasteiger partial charge on any atom is 0.337 e. The van der Waals surface area contributed by atoms with Gasteiger partial charge in [0.05, 0.1) is 22.6 Å². The second-order valence-electron chi connectivity index (χ2n) is 5.15. The number of aryl methyl sites for hydroxylation is 1. The predicted octanol–water partition coefficient (Wildman–Crippen LogP) is 3.80. The van der Waals surface area contributed by atoms with Crippen molar-refractivity contribution in [3.8, 4) is 11.4 Å². The Kier molecular flexibility index (Phi) is 4.68. The molecule has 2 heterocycles. The van der Waals surface area contributed by atoms with Crippen molar-refractivity contribution in [1.82, 2.24) is 9.97 Å². The van der Waals surface area contributed by atoms with E-state index in [1.54, 1.807) is 13.1 Å². The first kappa shape index (κ1) is 15.2. The summed E-state index contributed by atoms with van der Waals surface area (Å²) in [5, 5.41) is 9.40. The highest BCUT2D eigenvalue weighted by Gasteiger charge is 2.20. The summed E-state index contributed by atoms with van der Waals surface area (Å²) in [6, 6.07) is 5.70. The standard InChI is InChI=1S/C17H20N2O2/c1-4-5-8-13-11(2)15(17(20)21)12(3)19-16(13)14-9-6-7-10-18-14/h6-7,9-10H,4-5,8H2,1-3H3,(H,20,21). The first-order chi connectivity index (χ1) is 10.1. The largest absolute Gasteiger partial charge is 0.478 e. The van der Waals surface area contributed by atoms with E-state index in [1.165, 1.54) is 0 Å². The van der Waals surface area contributed by atoms with Gasteiger partial charge in [0.2, 0.25) is 0 Å². The number of rotatable bonds is 5. The molecule has 4 heteroatoms. The van der Waals surface area contributed by atoms with E-state index in [2.05, 4.69) is 16.9 Å². The fourth-order valence-electron chi connectivity index (χ4n) is 2.58. The lowest BCUT2D eigenvalue weighted by Crippen LogP contribution is -2.10. The number of unbranched alkanes of at least 4 members (excludes halogenated alkanes) is 1. The van der Waals surface area contributed by atoms with Gasteiger partial charge in [0, 0.05) is 6.20 Å². The average molecular weight is 284 g/mol. The van der Waals surface area contributed by atoms with Gasteiger partial charge in [0.1, 0.15) is 0 Å². The molecule has 0 aliphatic heterocycles. The Morgan fingerprint density at radius 1 is 1.29 bits per heavy atom. The summed E-state index contributed by atoms with van der Waals surface area (Å²) in [7, 11) is 0. The number of hydrogen-bond acceptors (Lipinski definition) is 3. The zero-order valence-corrected chi connectivity index (χ0v) is 12.7. The molecule has 0 radical (unpaired) electrons. The maximum absolute atomic E-state index is 11.5. The van der Waals surface area contributed by atoms with Crippen molar-refractivity contribution in [2.24, 2.45) is 0 Å². The lowest BCUT2D eigenvalue weighted by Gasteiger charge is -2.15. The Morgan fingerprint density at radius 2 is 2.05 bits per heavy atom. The molecular formula is C17H20N2O2. The van der Waals surface area contributed by atoms with Crippen molar-refractivity contribution in [2.45, 2.75) is 40.0 Å². The van der Waals surface area contributed by atoms with Crippen LogP contribution in [0.5, 0.6) is 0 Å². The Labute approximate surface area is 124 Å². The van der Waals surface area contributed by atoms with Crippen LogP contribution in [0.2, 0.25) is 0 Å². The first-order valence-corrected chi connectivity index (χ1v) is 7.21. The van der Waals surface area contributed by atoms with Crippen LogP contribution in [0.4, 0.5) is 0 Å². The summed E-state index contributed by atoms with van der Waals surface area (Å²) in [4.78, 5) is 20.4. The molecule has 0 amide bonds. The van der Waals surface area contributed by atoms with E-state index < -0.39 is 5.97 Å². The third kappa shape index (κ3) is 3.10. The van der Waals surface area contributed by atoms with Crippen molar-refractivity contribution >= 4 is 5.97 Å². The Bertz CT molecular complexity index is 652. The summed E-state index contributed by atoms with van der Waals surface area (Å²) in [5.41, 5.74) is 4.28. The Hall–Kier alpha value is -2.23. The number of carboxylic acid groups (broad SMARTS) is 1. The number of aromatic carboxylic acids is 1. The van der Waals surface area contributed by atoms with E-state index in [0.29, 0.717) is 11.3 Å². The Morgan fingerprint density at radius 3 is 2.62 bits per heavy atom. The molecule has 0 fully saturated rings. The highest BCUT2D eigenvalue weighted by atomic mass is 16.4. The topological polar surface area (TPSA) is 63.1 Å². The monoisotopic (exact) mass is 284 g/mol. The molecule has 0 aliphatic rings. The van der Waals surface area contributed by atoms with Crippen LogP contribution in [0, 0.1) is 13.8 Å². The quantitative estimate of drug-likeness (QED) is 0.907. The van der Waals surface area contributed by atoms with Crippen LogP contribution in [0.3, 0.4) is 0 Å². The number of aromatic nitrogens is 2. The molecule has 0 unspecified atom stereocenters. The molecule has 2 rings (SSSR count). The van der Waals surface area contributed by atoms with Crippen LogP contribution >= 0.6 is 0 Å². The van der Waals surface area contributed by atoms with Crippen molar-refractivity contribution in [1.29, 1.82) is 0 Å². The minimum absolute atomic E-state index is 0.320. The van der Waals surface area contributed by atoms with Crippen LogP contribution in [0.25, 0.3) is 11.4 Å². The minimum Gasteiger partial charge on any atom is -0.478 e. The number of pyridine rings is 2. The van der Waals surface area contributed by atoms with Gasteiger partial charge in [-0.25, -0.2) is 4.79 Å². The molecule has 0 bridgehead atoms. The first-order valence-electron chi connectivity index (χ1n) is 7.21. The van der Waals surface area contributed by atoms with E-state index in [0.717, 1.165) is 41.8 Å². The molecule has 1 N–H and O–H groups in total. The highest BCUT2D eigenvalue weighted by Crippen LogP contribution is 2.28. The SMILES string of the molecule is CCCCc1c(-c2ccccn2)nc(C)c(C(=O)O)c1C. The molecule has 0 saturated carbocycles. The summed E-state index contributed by atoms with van der Waals surface area (Å²) < 4.78 is 0. The van der Waals surface area contributed by atoms with Crippen LogP contribution in [0.1, 0.15) is 46.9 Å². The summed E-state index contributed by atoms with van der Waals surface area (Å²) in [6.07, 6.45) is 4.61. The Balaban J connectivity index is 2.66. The third-order valence-electron chi connectivity index (χ3n) is 3.66. The summed E-state index contributed by atoms with van der Waals surface area (Å²) >= 11 is 0. The van der Waals surface area contributed by atoms with Crippen molar-refractivity contribution in [3.63, 3.8) is 0 Å². The normalized spacial score (nSPS) is 10.6. The lowest BCUT2D eigenvalue weighted by atomic mass is 9.94. The number of carbonyl (C=O) groups is 1. The zero-order valence-electron chi connectivity index (χ0n) is 12.7. The second kappa shape index (κ2) is 6.48. The molecule has 0 aromatic carbocycles. The van der Waals surface area contributed by atoms with E-state index in [-0.39, 0.29) is 0 Å². The van der Waals surface area contributed by atoms with Crippen molar-refractivity contribution in [2.75, 3.05) is 0 Å². The van der Waals surface area contributed by atoms with Gasteiger partial charge in [-0.15, -0.1) is 0 Å². The lowest BCUT2D eigenvalue weighted by molar-refractivity contribution is 0.0694. The number of nitrogens with zero attached hydrogens (tertiary/aromatic N) is 2. The van der Waals surface area contributed by atoms with E-state index in [9.17, 15) is 9.90 Å². The smallest absolute Gasteiger partial charge is 0.337 e. The molecule has 2 aromatic rings. The van der Waals surface area contributed by atoms with Crippen LogP contribution in [-0.4, -0.2) is 21.0 Å². The van der Waals surface area contributed by atoms with Gasteiger partial charge in [-0.05, 0) is 49.9 Å². The van der Waals surface area contributed by atoms with Crippen molar-refractivity contribution in [3.05, 3.63) is 46.8 Å². The van der Waals surface area contributed by atoms with E-state index >= 15 is 0 Å². The second-order valence-corrected chi connectivity index (χ2v) is 5.15. The van der Waals surface area contributed by atoms with Gasteiger partial charge >= 0.3 is 5.97 Å². The molecule has 0 aliphatic carbocycles. The maximum atomic E-state index is 11.5. The molecule has 4 nitrogen and oxygen atoms in total. The highest BCUT2D eigenvalue weighted by molar-refractivity contribution is 5.91. The van der Waals surface area contributed by atoms with E-state index in [1.807, 2.05) is 25.1 Å². The third-order valence-corrected chi connectivity index (χ3v) is 3.66. The van der Waals surface area contributed by atoms with Gasteiger partial charge in [-0.1, -0.05) is 19.4 Å². The molecular weight excluding hydrogens is 264 g/mol. The van der Waals surface area contributed by atoms with Crippen LogP contribution in [-0.2, 0) is 6.42 Å². The van der Waals surface area contributed by atoms with Gasteiger partial charge in [-0.2, -0.15) is 0 Å². The average Bonchev–Trinajstić information content (AvgIpc) is 2.46. The van der Waals surface area contributed by atoms with E-state index in [4.69, 9.17) is 0 Å². The number of hydrogen-bond donors (Lipinski definition) is 1. The molecule has 21 heavy (non-hydrogen) atoms. The van der Waals surface area contributed by atoms with Crippen LogP contribution in [0.15, 0.2) is 24.4 Å². The zero-order chi connectivity index (χ0) is 15.4. The van der Waals surface area contributed by atoms with Gasteiger partial charge in [0.15, 0.2) is 0 Å². The van der Waals surface area contributed by atoms with Crippen LogP contribution < -0.4 is 0 Å². The van der Waals surface area contributed by atoms with Gasteiger partial charge in [0.25, 0.3) is 0 Å². The molecule has 110 valence electrons. The minimum atomic E-state index is -0.914. The summed E-state index contributed by atoms with van der Waals surface area (Å²) in [5.74, 6) is -0.914. The molecule has 2 aromatic heterocycles. The predicted molar refractivity (Wildman–Crippen MR) is 82.5 cm³/mol. The van der Waals surface area contributed by atoms with Gasteiger partial charge in [-0.3, -0.25) is 9.97 Å². The molecule has 0 atom stereocenters. The summed E-state index contributed by atoms with van der Waals surface area (Å²) in [6.45, 7) is 5.73. The fourth-order valence-corrected chi connectivity index (χ4v) is 2.58. The number of carboxylic acids is 1. The van der Waals surface area contributed by atoms with Crippen molar-refractivity contribution < 1.29 is 9.90 Å². The van der Waals surface area contributed by atoms with Gasteiger partial charge < -0.3 is 5.11 Å². The fraction of sp³-hybridized carbons (Fsp3) is 0.353. The molecule has 0 spiro atoms.